The van der Waals surface area contributed by atoms with Gasteiger partial charge in [-0.25, -0.2) is 0 Å². The summed E-state index contributed by atoms with van der Waals surface area (Å²) < 4.78 is 12.6. The Morgan fingerprint density at radius 1 is 1.50 bits per heavy atom. The van der Waals surface area contributed by atoms with E-state index >= 15 is 0 Å². The van der Waals surface area contributed by atoms with E-state index in [-0.39, 0.29) is 11.7 Å². The zero-order valence-electron chi connectivity index (χ0n) is 10.2. The minimum atomic E-state index is -1.22. The fourth-order valence-corrected chi connectivity index (χ4v) is 3.07. The number of amides is 1. The smallest absolute Gasteiger partial charge is 0.232 e. The fraction of sp³-hybridized carbons (Fsp3) is 0.417. The van der Waals surface area contributed by atoms with Crippen molar-refractivity contribution in [2.45, 2.75) is 19.1 Å². The summed E-state index contributed by atoms with van der Waals surface area (Å²) in [5, 5.41) is 2.71. The van der Waals surface area contributed by atoms with E-state index in [0.717, 1.165) is 16.5 Å². The van der Waals surface area contributed by atoms with Gasteiger partial charge >= 0.3 is 0 Å². The van der Waals surface area contributed by atoms with Crippen LogP contribution in [0.5, 0.6) is 0 Å². The van der Waals surface area contributed by atoms with Crippen LogP contribution in [0.3, 0.4) is 0 Å². The summed E-state index contributed by atoms with van der Waals surface area (Å²) in [6, 6.07) is 5.43. The molecule has 1 atom stereocenters. The molecule has 1 aromatic carbocycles. The first-order valence-electron chi connectivity index (χ1n) is 5.69. The zero-order chi connectivity index (χ0) is 13.5. The van der Waals surface area contributed by atoms with Crippen molar-refractivity contribution in [2.24, 2.45) is 0 Å². The SMILES string of the molecule is CCCNC(=O)CS(=O)Cc1cccc(N)c1Br. The molecule has 0 aliphatic carbocycles. The Kier molecular flexibility index (Phi) is 6.35. The van der Waals surface area contributed by atoms with E-state index in [2.05, 4.69) is 21.2 Å². The first kappa shape index (κ1) is 15.2. The summed E-state index contributed by atoms with van der Waals surface area (Å²) in [5.41, 5.74) is 7.21. The average molecular weight is 333 g/mol. The van der Waals surface area contributed by atoms with Crippen LogP contribution in [0.1, 0.15) is 18.9 Å². The molecule has 4 nitrogen and oxygen atoms in total. The number of hydrogen-bond acceptors (Lipinski definition) is 3. The number of benzene rings is 1. The highest BCUT2D eigenvalue weighted by atomic mass is 79.9. The maximum atomic E-state index is 11.8. The molecule has 0 saturated carbocycles. The maximum absolute atomic E-state index is 11.8. The summed E-state index contributed by atoms with van der Waals surface area (Å²) in [6.07, 6.45) is 0.874. The van der Waals surface area contributed by atoms with Gasteiger partial charge in [-0.3, -0.25) is 9.00 Å². The average Bonchev–Trinajstić information content (AvgIpc) is 2.32. The van der Waals surface area contributed by atoms with Gasteiger partial charge in [0.1, 0.15) is 5.75 Å². The van der Waals surface area contributed by atoms with Gasteiger partial charge in [0.2, 0.25) is 5.91 Å². The summed E-state index contributed by atoms with van der Waals surface area (Å²) in [5.74, 6) is 0.182. The quantitative estimate of drug-likeness (QED) is 0.780. The third kappa shape index (κ3) is 4.78. The number of halogens is 1. The summed E-state index contributed by atoms with van der Waals surface area (Å²) >= 11 is 3.36. The van der Waals surface area contributed by atoms with Crippen LogP contribution in [0.4, 0.5) is 5.69 Å². The van der Waals surface area contributed by atoms with Gasteiger partial charge in [-0.15, -0.1) is 0 Å². The van der Waals surface area contributed by atoms with Crippen molar-refractivity contribution in [3.8, 4) is 0 Å². The molecule has 0 aliphatic heterocycles. The zero-order valence-corrected chi connectivity index (χ0v) is 12.6. The van der Waals surface area contributed by atoms with E-state index in [0.29, 0.717) is 18.0 Å². The van der Waals surface area contributed by atoms with Crippen molar-refractivity contribution >= 4 is 38.3 Å². The van der Waals surface area contributed by atoms with E-state index in [4.69, 9.17) is 5.73 Å². The predicted molar refractivity (Wildman–Crippen MR) is 78.6 cm³/mol. The molecule has 0 aromatic heterocycles. The van der Waals surface area contributed by atoms with Crippen LogP contribution in [-0.2, 0) is 21.3 Å². The van der Waals surface area contributed by atoms with E-state index < -0.39 is 10.8 Å². The molecule has 100 valence electrons. The van der Waals surface area contributed by atoms with Crippen molar-refractivity contribution in [2.75, 3.05) is 18.0 Å². The second-order valence-electron chi connectivity index (χ2n) is 3.90. The van der Waals surface area contributed by atoms with Crippen LogP contribution in [0.25, 0.3) is 0 Å². The second kappa shape index (κ2) is 7.53. The molecule has 1 rings (SSSR count). The molecule has 0 bridgehead atoms. The Hall–Kier alpha value is -0.880. The molecule has 0 fully saturated rings. The Bertz CT molecular complexity index is 452. The molecule has 1 unspecified atom stereocenters. The molecule has 0 heterocycles. The summed E-state index contributed by atoms with van der Waals surface area (Å²) in [7, 11) is -1.22. The third-order valence-corrected chi connectivity index (χ3v) is 4.47. The van der Waals surface area contributed by atoms with Crippen molar-refractivity contribution < 1.29 is 9.00 Å². The molecular weight excluding hydrogens is 316 g/mol. The molecule has 1 aromatic rings. The number of rotatable bonds is 6. The fourth-order valence-electron chi connectivity index (χ4n) is 1.40. The lowest BCUT2D eigenvalue weighted by Crippen LogP contribution is -2.29. The van der Waals surface area contributed by atoms with Gasteiger partial charge in [-0.1, -0.05) is 19.1 Å². The third-order valence-electron chi connectivity index (χ3n) is 2.29. The molecule has 3 N–H and O–H groups in total. The molecule has 6 heteroatoms. The van der Waals surface area contributed by atoms with Crippen LogP contribution in [0.2, 0.25) is 0 Å². The van der Waals surface area contributed by atoms with E-state index in [9.17, 15) is 9.00 Å². The molecule has 18 heavy (non-hydrogen) atoms. The van der Waals surface area contributed by atoms with Crippen molar-refractivity contribution in [1.29, 1.82) is 0 Å². The van der Waals surface area contributed by atoms with Crippen LogP contribution in [0, 0.1) is 0 Å². The van der Waals surface area contributed by atoms with E-state index in [1.54, 1.807) is 6.07 Å². The second-order valence-corrected chi connectivity index (χ2v) is 6.15. The number of carbonyl (C=O) groups excluding carboxylic acids is 1. The number of nitrogens with one attached hydrogen (secondary N) is 1. The monoisotopic (exact) mass is 332 g/mol. The molecule has 0 saturated heterocycles. The van der Waals surface area contributed by atoms with Crippen LogP contribution >= 0.6 is 15.9 Å². The van der Waals surface area contributed by atoms with Gasteiger partial charge in [0.05, 0.1) is 5.75 Å². The van der Waals surface area contributed by atoms with Gasteiger partial charge in [-0.2, -0.15) is 0 Å². The maximum Gasteiger partial charge on any atom is 0.232 e. The Labute approximate surface area is 118 Å². The standard InChI is InChI=1S/C12H17BrN2O2S/c1-2-6-15-11(16)8-18(17)7-9-4-3-5-10(14)12(9)13/h3-5H,2,6-8,14H2,1H3,(H,15,16). The number of anilines is 1. The largest absolute Gasteiger partial charge is 0.398 e. The topological polar surface area (TPSA) is 72.2 Å². The molecule has 0 aliphatic rings. The number of nitrogen functional groups attached to an aromatic ring is 1. The molecule has 1 amide bonds. The highest BCUT2D eigenvalue weighted by Gasteiger charge is 2.11. The van der Waals surface area contributed by atoms with Gasteiger partial charge in [-0.05, 0) is 34.0 Å². The summed E-state index contributed by atoms with van der Waals surface area (Å²) in [6.45, 7) is 2.60. The van der Waals surface area contributed by atoms with Crippen molar-refractivity contribution in [1.82, 2.24) is 5.32 Å². The Morgan fingerprint density at radius 3 is 2.89 bits per heavy atom. The lowest BCUT2D eigenvalue weighted by Gasteiger charge is -2.07. The first-order valence-corrected chi connectivity index (χ1v) is 7.97. The minimum absolute atomic E-state index is 0.0290. The number of carbonyl (C=O) groups is 1. The predicted octanol–water partition coefficient (Wildman–Crippen LogP) is 1.81. The lowest BCUT2D eigenvalue weighted by atomic mass is 10.2. The van der Waals surface area contributed by atoms with Gasteiger partial charge in [0.25, 0.3) is 0 Å². The van der Waals surface area contributed by atoms with Crippen LogP contribution < -0.4 is 11.1 Å². The van der Waals surface area contributed by atoms with Crippen molar-refractivity contribution in [3.05, 3.63) is 28.2 Å². The Morgan fingerprint density at radius 2 is 2.22 bits per heavy atom. The number of hydrogen-bond donors (Lipinski definition) is 2. The normalized spacial score (nSPS) is 12.1. The lowest BCUT2D eigenvalue weighted by molar-refractivity contribution is -0.118. The van der Waals surface area contributed by atoms with Crippen LogP contribution in [0.15, 0.2) is 22.7 Å². The molecular formula is C12H17BrN2O2S. The van der Waals surface area contributed by atoms with E-state index in [1.807, 2.05) is 19.1 Å². The van der Waals surface area contributed by atoms with E-state index in [1.165, 1.54) is 0 Å². The minimum Gasteiger partial charge on any atom is -0.398 e. The van der Waals surface area contributed by atoms with Gasteiger partial charge in [0, 0.05) is 27.5 Å². The highest BCUT2D eigenvalue weighted by Crippen LogP contribution is 2.24. The highest BCUT2D eigenvalue weighted by molar-refractivity contribution is 9.10. The number of nitrogens with two attached hydrogens (primary N) is 1. The molecule has 0 radical (unpaired) electrons. The first-order chi connectivity index (χ1) is 8.54. The van der Waals surface area contributed by atoms with Crippen molar-refractivity contribution in [3.63, 3.8) is 0 Å². The van der Waals surface area contributed by atoms with Gasteiger partial charge < -0.3 is 11.1 Å². The summed E-state index contributed by atoms with van der Waals surface area (Å²) in [4.78, 5) is 11.4. The van der Waals surface area contributed by atoms with Crippen LogP contribution in [-0.4, -0.2) is 22.4 Å². The van der Waals surface area contributed by atoms with Gasteiger partial charge in [0.15, 0.2) is 0 Å². The Balaban J connectivity index is 2.54. The molecule has 0 spiro atoms.